The van der Waals surface area contributed by atoms with Crippen LogP contribution in [0.3, 0.4) is 0 Å². The van der Waals surface area contributed by atoms with Gasteiger partial charge in [-0.15, -0.1) is 5.34 Å². The molecule has 0 aromatic heterocycles. The van der Waals surface area contributed by atoms with Crippen LogP contribution in [0.2, 0.25) is 0 Å². The standard InChI is InChI=1S/C12H24O6.Ba.NO4.HNO2.2H2O/c1-2-14-5-6-16-9-10-18-12-11-17-8-7-15-4-3-13-1;;2-1(3-2)4-5-1;2-1-3;;/h1-12H2;;;(H,2,3);2*1H2/q;;+1;;;/p-1. The Morgan fingerprint density at radius 3 is 0.724 bits per heavy atom. The summed E-state index contributed by atoms with van der Waals surface area (Å²) in [6, 6.07) is 0. The van der Waals surface area contributed by atoms with Gasteiger partial charge in [0.15, 0.2) is 20.0 Å². The first-order chi connectivity index (χ1) is 12.8. The van der Waals surface area contributed by atoms with Crippen molar-refractivity contribution >= 4 is 48.9 Å². The van der Waals surface area contributed by atoms with Crippen molar-refractivity contribution in [3.8, 4) is 0 Å². The van der Waals surface area contributed by atoms with E-state index in [1.165, 1.54) is 0 Å². The van der Waals surface area contributed by atoms with Gasteiger partial charge in [-0.05, 0) is 0 Å². The van der Waals surface area contributed by atoms with E-state index in [4.69, 9.17) is 38.5 Å². The number of rotatable bonds is 0. The number of quaternary nitrogens is 1. The minimum absolute atomic E-state index is 0. The molecule has 0 amide bonds. The van der Waals surface area contributed by atoms with E-state index in [9.17, 15) is 0 Å². The molecule has 3 saturated heterocycles. The van der Waals surface area contributed by atoms with Crippen molar-refractivity contribution in [1.82, 2.24) is 0 Å². The van der Waals surface area contributed by atoms with Gasteiger partial charge in [-0.25, -0.2) is 0 Å². The average molecular weight is 562 g/mol. The van der Waals surface area contributed by atoms with Gasteiger partial charge >= 0.3 is 5.14 Å². The largest absolute Gasteiger partial charge is 0.444 e. The molecule has 0 saturated carbocycles. The Hall–Kier alpha value is 0.451. The summed E-state index contributed by atoms with van der Waals surface area (Å²) < 4.78 is 32.0. The van der Waals surface area contributed by atoms with Crippen molar-refractivity contribution < 1.29 is 64.5 Å². The molecule has 0 bridgehead atoms. The molecule has 3 rings (SSSR count). The van der Waals surface area contributed by atoms with Gasteiger partial charge in [0, 0.05) is 48.9 Å². The molecule has 3 heterocycles. The van der Waals surface area contributed by atoms with E-state index in [0.29, 0.717) is 79.3 Å². The van der Waals surface area contributed by atoms with Gasteiger partial charge in [-0.3, -0.25) is 0 Å². The summed E-state index contributed by atoms with van der Waals surface area (Å²) in [5.74, 6) is 0. The molecule has 0 aliphatic carbocycles. The SMILES string of the molecule is C1COCCOCCOCCOCCOCCO1.O.O.O1O[N+]12OO2.O=N[O-].[Ba]. The number of nitrogens with zero attached hydrogens (tertiary/aromatic N) is 2. The van der Waals surface area contributed by atoms with Crippen molar-refractivity contribution in [2.24, 2.45) is 5.34 Å². The van der Waals surface area contributed by atoms with Crippen LogP contribution in [0.5, 0.6) is 0 Å². The molecule has 0 aromatic carbocycles. The predicted octanol–water partition coefficient (Wildman–Crippen LogP) is -2.29. The topological polar surface area (TPSA) is 221 Å². The van der Waals surface area contributed by atoms with Crippen LogP contribution in [-0.4, -0.2) is 144 Å². The first-order valence-electron chi connectivity index (χ1n) is 7.89. The van der Waals surface area contributed by atoms with Crippen LogP contribution in [0.4, 0.5) is 0 Å². The van der Waals surface area contributed by atoms with E-state index in [-0.39, 0.29) is 59.8 Å². The van der Waals surface area contributed by atoms with E-state index in [2.05, 4.69) is 20.0 Å². The van der Waals surface area contributed by atoms with Crippen molar-refractivity contribution in [2.75, 3.05) is 79.3 Å². The van der Waals surface area contributed by atoms with Crippen LogP contribution in [0.1, 0.15) is 0 Å². The molecular formula is C12H28BaN2O14. The van der Waals surface area contributed by atoms with Gasteiger partial charge in [0.2, 0.25) is 0 Å². The van der Waals surface area contributed by atoms with Crippen molar-refractivity contribution in [3.63, 3.8) is 0 Å². The maximum Gasteiger partial charge on any atom is 0.391 e. The molecule has 0 atom stereocenters. The van der Waals surface area contributed by atoms with Crippen LogP contribution >= 0.6 is 0 Å². The fourth-order valence-corrected chi connectivity index (χ4v) is 1.42. The third-order valence-electron chi connectivity index (χ3n) is 2.62. The third-order valence-corrected chi connectivity index (χ3v) is 2.62. The first-order valence-corrected chi connectivity index (χ1v) is 7.89. The Kier molecular flexibility index (Phi) is 29.0. The monoisotopic (exact) mass is 562 g/mol. The maximum atomic E-state index is 8.00. The Balaban J connectivity index is -0.000000510. The smallest absolute Gasteiger partial charge is 0.391 e. The summed E-state index contributed by atoms with van der Waals surface area (Å²) in [4.78, 5) is 24.0. The van der Waals surface area contributed by atoms with Crippen LogP contribution < -0.4 is 0 Å². The van der Waals surface area contributed by atoms with Crippen LogP contribution in [-0.2, 0) is 48.4 Å². The zero-order chi connectivity index (χ0) is 18.8. The normalized spacial score (nSPS) is 21.9. The van der Waals surface area contributed by atoms with Crippen LogP contribution in [0.25, 0.3) is 0 Å². The fourth-order valence-electron chi connectivity index (χ4n) is 1.42. The summed E-state index contributed by atoms with van der Waals surface area (Å²) in [7, 11) is 0. The average Bonchev–Trinajstić information content (AvgIpc) is 3.57. The van der Waals surface area contributed by atoms with Gasteiger partial charge < -0.3 is 49.5 Å². The molecule has 3 fully saturated rings. The molecule has 3 aliphatic rings. The fraction of sp³-hybridized carbons (Fsp3) is 1.00. The summed E-state index contributed by atoms with van der Waals surface area (Å²) in [6.45, 7) is 7.04. The third kappa shape index (κ3) is 24.6. The van der Waals surface area contributed by atoms with Gasteiger partial charge in [-0.1, -0.05) is 0 Å². The van der Waals surface area contributed by atoms with E-state index in [1.54, 1.807) is 0 Å². The molecule has 172 valence electrons. The van der Waals surface area contributed by atoms with Crippen molar-refractivity contribution in [3.05, 3.63) is 10.1 Å². The zero-order valence-corrected chi connectivity index (χ0v) is 20.4. The Labute approximate surface area is 207 Å². The quantitative estimate of drug-likeness (QED) is 0.0761. The number of hydrogen-bond acceptors (Lipinski definition) is 13. The number of hydrogen-bond donors (Lipinski definition) is 0. The van der Waals surface area contributed by atoms with Crippen LogP contribution in [0, 0.1) is 10.1 Å². The second-order valence-corrected chi connectivity index (χ2v) is 4.49. The Morgan fingerprint density at radius 2 is 0.655 bits per heavy atom. The maximum absolute atomic E-state index is 8.00. The van der Waals surface area contributed by atoms with E-state index in [0.717, 1.165) is 5.34 Å². The zero-order valence-electron chi connectivity index (χ0n) is 16.0. The summed E-state index contributed by atoms with van der Waals surface area (Å²) in [5, 5.41) is 8.50. The molecule has 17 heteroatoms. The second kappa shape index (κ2) is 24.7. The Morgan fingerprint density at radius 1 is 0.517 bits per heavy atom. The molecule has 0 aromatic rings. The van der Waals surface area contributed by atoms with Crippen molar-refractivity contribution in [1.29, 1.82) is 0 Å². The van der Waals surface area contributed by atoms with Crippen molar-refractivity contribution in [2.45, 2.75) is 0 Å². The van der Waals surface area contributed by atoms with E-state index >= 15 is 0 Å². The van der Waals surface area contributed by atoms with Gasteiger partial charge in [-0.2, -0.15) is 0 Å². The second-order valence-electron chi connectivity index (χ2n) is 4.49. The van der Waals surface area contributed by atoms with Crippen LogP contribution in [0.15, 0.2) is 5.34 Å². The molecule has 29 heavy (non-hydrogen) atoms. The predicted molar refractivity (Wildman–Crippen MR) is 91.7 cm³/mol. The molecule has 1 spiro atoms. The molecule has 16 nitrogen and oxygen atoms in total. The van der Waals surface area contributed by atoms with Gasteiger partial charge in [0.05, 0.1) is 79.3 Å². The van der Waals surface area contributed by atoms with E-state index in [1.807, 2.05) is 0 Å². The molecule has 2 radical (unpaired) electrons. The van der Waals surface area contributed by atoms with Gasteiger partial charge in [0.25, 0.3) is 0 Å². The minimum atomic E-state index is -0.500. The van der Waals surface area contributed by atoms with Gasteiger partial charge in [0.1, 0.15) is 0 Å². The molecule has 4 N–H and O–H groups in total. The number of ether oxygens (including phenoxy) is 6. The summed E-state index contributed by atoms with van der Waals surface area (Å²) in [6.07, 6.45) is 0. The van der Waals surface area contributed by atoms with E-state index < -0.39 is 5.14 Å². The molecule has 0 unspecified atom stereocenters. The molecule has 3 aliphatic heterocycles. The molecular weight excluding hydrogens is 533 g/mol. The summed E-state index contributed by atoms with van der Waals surface area (Å²) in [5.41, 5.74) is 0. The summed E-state index contributed by atoms with van der Waals surface area (Å²) >= 11 is 0. The minimum Gasteiger partial charge on any atom is -0.444 e. The Bertz CT molecular complexity index is 249. The first kappa shape index (κ1) is 34.1.